The number of anilines is 1. The molecule has 2 rings (SSSR count). The van der Waals surface area contributed by atoms with E-state index in [1.165, 1.54) is 25.1 Å². The molecule has 0 saturated carbocycles. The lowest BCUT2D eigenvalue weighted by atomic mass is 10.4. The van der Waals surface area contributed by atoms with Gasteiger partial charge < -0.3 is 14.5 Å². The van der Waals surface area contributed by atoms with E-state index in [4.69, 9.17) is 4.42 Å². The summed E-state index contributed by atoms with van der Waals surface area (Å²) in [6.45, 7) is 0. The molecule has 1 N–H and O–H groups in total. The lowest BCUT2D eigenvalue weighted by molar-refractivity contribution is -0.137. The maximum Gasteiger partial charge on any atom is 0.316 e. The van der Waals surface area contributed by atoms with Crippen LogP contribution in [-0.4, -0.2) is 34.9 Å². The van der Waals surface area contributed by atoms with E-state index < -0.39 is 5.91 Å². The van der Waals surface area contributed by atoms with Gasteiger partial charge in [-0.05, 0) is 24.3 Å². The standard InChI is InChI=1S/C12H11N3O4S/c1-18-11(16)7-20-10-5-4-9(14-15-10)13-12(17)8-3-2-6-19-8/h2-6H,7H2,1H3,(H,13,14,17). The normalized spacial score (nSPS) is 10.1. The van der Waals surface area contributed by atoms with E-state index in [1.54, 1.807) is 24.3 Å². The van der Waals surface area contributed by atoms with Crippen molar-refractivity contribution in [1.82, 2.24) is 10.2 Å². The minimum atomic E-state index is -0.403. The predicted octanol–water partition coefficient (Wildman–Crippen LogP) is 1.59. The first kappa shape index (κ1) is 14.1. The molecule has 2 aromatic rings. The van der Waals surface area contributed by atoms with E-state index in [0.29, 0.717) is 10.8 Å². The third-order valence-corrected chi connectivity index (χ3v) is 3.09. The van der Waals surface area contributed by atoms with Gasteiger partial charge in [0.2, 0.25) is 0 Å². The second-order valence-corrected chi connectivity index (χ2v) is 4.55. The Morgan fingerprint density at radius 2 is 2.20 bits per heavy atom. The molecule has 1 amide bonds. The van der Waals surface area contributed by atoms with Crippen LogP contribution >= 0.6 is 11.8 Å². The van der Waals surface area contributed by atoms with Gasteiger partial charge in [0.15, 0.2) is 11.6 Å². The number of carbonyl (C=O) groups is 2. The van der Waals surface area contributed by atoms with Crippen LogP contribution in [0.1, 0.15) is 10.6 Å². The number of amides is 1. The van der Waals surface area contributed by atoms with Crippen molar-refractivity contribution in [2.75, 3.05) is 18.2 Å². The van der Waals surface area contributed by atoms with Crippen LogP contribution < -0.4 is 5.32 Å². The van der Waals surface area contributed by atoms with Gasteiger partial charge in [0, 0.05) is 0 Å². The molecule has 0 aliphatic heterocycles. The molecule has 0 aromatic carbocycles. The highest BCUT2D eigenvalue weighted by molar-refractivity contribution is 7.99. The smallest absolute Gasteiger partial charge is 0.316 e. The van der Waals surface area contributed by atoms with Gasteiger partial charge in [0.05, 0.1) is 19.1 Å². The molecular weight excluding hydrogens is 282 g/mol. The lowest BCUT2D eigenvalue weighted by Gasteiger charge is -2.02. The molecule has 8 heteroatoms. The molecule has 0 spiro atoms. The Morgan fingerprint density at radius 3 is 2.80 bits per heavy atom. The summed E-state index contributed by atoms with van der Waals surface area (Å²) in [5, 5.41) is 10.8. The Hall–Kier alpha value is -2.35. The molecule has 0 unspecified atom stereocenters. The summed E-state index contributed by atoms with van der Waals surface area (Å²) in [5.74, 6) is -0.0976. The van der Waals surface area contributed by atoms with Gasteiger partial charge in [-0.1, -0.05) is 11.8 Å². The molecule has 0 aliphatic carbocycles. The number of hydrogen-bond donors (Lipinski definition) is 1. The zero-order valence-corrected chi connectivity index (χ0v) is 11.3. The van der Waals surface area contributed by atoms with Gasteiger partial charge in [-0.15, -0.1) is 10.2 Å². The summed E-state index contributed by atoms with van der Waals surface area (Å²) >= 11 is 1.20. The molecule has 0 radical (unpaired) electrons. The first-order valence-corrected chi connectivity index (χ1v) is 6.56. The van der Waals surface area contributed by atoms with Gasteiger partial charge in [0.25, 0.3) is 5.91 Å². The van der Waals surface area contributed by atoms with Crippen LogP contribution in [0.4, 0.5) is 5.82 Å². The average Bonchev–Trinajstić information content (AvgIpc) is 3.00. The molecule has 2 aromatic heterocycles. The van der Waals surface area contributed by atoms with E-state index in [-0.39, 0.29) is 17.5 Å². The summed E-state index contributed by atoms with van der Waals surface area (Å²) in [6.07, 6.45) is 1.41. The van der Waals surface area contributed by atoms with Crippen molar-refractivity contribution in [2.45, 2.75) is 5.03 Å². The summed E-state index contributed by atoms with van der Waals surface area (Å²) < 4.78 is 9.47. The summed E-state index contributed by atoms with van der Waals surface area (Å²) in [5.41, 5.74) is 0. The van der Waals surface area contributed by atoms with Crippen molar-refractivity contribution in [1.29, 1.82) is 0 Å². The molecule has 104 valence electrons. The van der Waals surface area contributed by atoms with E-state index >= 15 is 0 Å². The summed E-state index contributed by atoms with van der Waals surface area (Å²) in [4.78, 5) is 22.6. The number of aromatic nitrogens is 2. The van der Waals surface area contributed by atoms with E-state index in [0.717, 1.165) is 0 Å². The number of nitrogens with one attached hydrogen (secondary N) is 1. The second kappa shape index (κ2) is 6.71. The Kier molecular flexibility index (Phi) is 4.72. The van der Waals surface area contributed by atoms with Gasteiger partial charge >= 0.3 is 5.97 Å². The van der Waals surface area contributed by atoms with Crippen LogP contribution in [0, 0.1) is 0 Å². The number of carbonyl (C=O) groups excluding carboxylic acids is 2. The minimum Gasteiger partial charge on any atom is -0.468 e. The Bertz CT molecular complexity index is 583. The third kappa shape index (κ3) is 3.82. The minimum absolute atomic E-state index is 0.156. The molecule has 0 saturated heterocycles. The van der Waals surface area contributed by atoms with Gasteiger partial charge in [-0.25, -0.2) is 0 Å². The third-order valence-electron chi connectivity index (χ3n) is 2.19. The zero-order valence-electron chi connectivity index (χ0n) is 10.5. The maximum absolute atomic E-state index is 11.7. The van der Waals surface area contributed by atoms with Crippen LogP contribution in [0.15, 0.2) is 40.0 Å². The zero-order chi connectivity index (χ0) is 14.4. The second-order valence-electron chi connectivity index (χ2n) is 3.55. The summed E-state index contributed by atoms with van der Waals surface area (Å²) in [6, 6.07) is 6.41. The fraction of sp³-hybridized carbons (Fsp3) is 0.167. The van der Waals surface area contributed by atoms with Crippen molar-refractivity contribution in [3.8, 4) is 0 Å². The number of nitrogens with zero attached hydrogens (tertiary/aromatic N) is 2. The largest absolute Gasteiger partial charge is 0.468 e. The first-order chi connectivity index (χ1) is 9.69. The topological polar surface area (TPSA) is 94.3 Å². The molecular formula is C12H11N3O4S. The molecule has 2 heterocycles. The molecule has 0 atom stereocenters. The number of ether oxygens (including phenoxy) is 1. The molecule has 7 nitrogen and oxygen atoms in total. The van der Waals surface area contributed by atoms with Crippen LogP contribution in [0.25, 0.3) is 0 Å². The number of rotatable bonds is 5. The monoisotopic (exact) mass is 293 g/mol. The van der Waals surface area contributed by atoms with Gasteiger partial charge in [-0.3, -0.25) is 9.59 Å². The van der Waals surface area contributed by atoms with E-state index in [2.05, 4.69) is 20.3 Å². The number of esters is 1. The SMILES string of the molecule is COC(=O)CSc1ccc(NC(=O)c2ccco2)nn1. The number of hydrogen-bond acceptors (Lipinski definition) is 7. The van der Waals surface area contributed by atoms with Crippen molar-refractivity contribution in [3.63, 3.8) is 0 Å². The first-order valence-electron chi connectivity index (χ1n) is 5.57. The van der Waals surface area contributed by atoms with Crippen LogP contribution in [0.5, 0.6) is 0 Å². The number of thioether (sulfide) groups is 1. The average molecular weight is 293 g/mol. The van der Waals surface area contributed by atoms with Crippen molar-refractivity contribution in [3.05, 3.63) is 36.3 Å². The van der Waals surface area contributed by atoms with E-state index in [9.17, 15) is 9.59 Å². The Balaban J connectivity index is 1.91. The highest BCUT2D eigenvalue weighted by atomic mass is 32.2. The Morgan fingerprint density at radius 1 is 1.35 bits per heavy atom. The molecule has 0 fully saturated rings. The lowest BCUT2D eigenvalue weighted by Crippen LogP contribution is -2.12. The van der Waals surface area contributed by atoms with Crippen LogP contribution in [-0.2, 0) is 9.53 Å². The number of furan rings is 1. The molecule has 20 heavy (non-hydrogen) atoms. The van der Waals surface area contributed by atoms with Crippen molar-refractivity contribution >= 4 is 29.5 Å². The molecule has 0 bridgehead atoms. The van der Waals surface area contributed by atoms with Crippen LogP contribution in [0.2, 0.25) is 0 Å². The van der Waals surface area contributed by atoms with Crippen LogP contribution in [0.3, 0.4) is 0 Å². The predicted molar refractivity (Wildman–Crippen MR) is 71.4 cm³/mol. The maximum atomic E-state index is 11.7. The fourth-order valence-corrected chi connectivity index (χ4v) is 1.89. The van der Waals surface area contributed by atoms with Crippen molar-refractivity contribution in [2.24, 2.45) is 0 Å². The highest BCUT2D eigenvalue weighted by Gasteiger charge is 2.10. The summed E-state index contributed by atoms with van der Waals surface area (Å²) in [7, 11) is 1.32. The highest BCUT2D eigenvalue weighted by Crippen LogP contribution is 2.15. The Labute approximate surface area is 118 Å². The molecule has 0 aliphatic rings. The quantitative estimate of drug-likeness (QED) is 0.660. The van der Waals surface area contributed by atoms with E-state index in [1.807, 2.05) is 0 Å². The van der Waals surface area contributed by atoms with Gasteiger partial charge in [-0.2, -0.15) is 0 Å². The number of methoxy groups -OCH3 is 1. The van der Waals surface area contributed by atoms with Gasteiger partial charge in [0.1, 0.15) is 5.03 Å². The van der Waals surface area contributed by atoms with Crippen molar-refractivity contribution < 1.29 is 18.7 Å². The fourth-order valence-electron chi connectivity index (χ4n) is 1.24.